The molecule has 3 atom stereocenters. The maximum Gasteiger partial charge on any atom is 0.327 e. The highest BCUT2D eigenvalue weighted by Gasteiger charge is 2.47. The minimum absolute atomic E-state index is 0.117. The third-order valence-corrected chi connectivity index (χ3v) is 9.87. The number of anilines is 2. The molecule has 2 unspecified atom stereocenters. The summed E-state index contributed by atoms with van der Waals surface area (Å²) in [5.74, 6) is 1.40. The van der Waals surface area contributed by atoms with E-state index in [1.807, 2.05) is 66.4 Å². The molecule has 2 aromatic carbocycles. The number of thioether (sulfide) groups is 1. The summed E-state index contributed by atoms with van der Waals surface area (Å²) in [7, 11) is 0. The third-order valence-electron chi connectivity index (χ3n) is 8.58. The Morgan fingerprint density at radius 2 is 1.88 bits per heavy atom. The molecule has 10 nitrogen and oxygen atoms in total. The summed E-state index contributed by atoms with van der Waals surface area (Å²) in [5, 5.41) is 6.48. The zero-order valence-electron chi connectivity index (χ0n) is 24.0. The van der Waals surface area contributed by atoms with Crippen molar-refractivity contribution in [2.24, 2.45) is 0 Å². The molecule has 4 amide bonds. The van der Waals surface area contributed by atoms with Gasteiger partial charge in [0.1, 0.15) is 21.8 Å². The summed E-state index contributed by atoms with van der Waals surface area (Å²) < 4.78 is 5.99. The minimum atomic E-state index is -0.551. The van der Waals surface area contributed by atoms with Crippen LogP contribution < -0.4 is 20.3 Å². The van der Waals surface area contributed by atoms with Gasteiger partial charge in [-0.15, -0.1) is 0 Å². The summed E-state index contributed by atoms with van der Waals surface area (Å²) in [6.07, 6.45) is 4.51. The fourth-order valence-corrected chi connectivity index (χ4v) is 7.50. The van der Waals surface area contributed by atoms with Gasteiger partial charge in [-0.1, -0.05) is 30.0 Å². The van der Waals surface area contributed by atoms with Crippen molar-refractivity contribution in [1.29, 1.82) is 0 Å². The Kier molecular flexibility index (Phi) is 7.44. The number of ether oxygens (including phenoxy) is 1. The number of nitrogens with zero attached hydrogens (tertiary/aromatic N) is 4. The number of carbonyl (C=O) groups excluding carboxylic acids is 3. The van der Waals surface area contributed by atoms with Crippen LogP contribution in [0.2, 0.25) is 0 Å². The number of urea groups is 1. The lowest BCUT2D eigenvalue weighted by Crippen LogP contribution is -2.55. The number of pyridine rings is 1. The Hall–Kier alpha value is -4.09. The van der Waals surface area contributed by atoms with Gasteiger partial charge in [-0.3, -0.25) is 19.4 Å². The van der Waals surface area contributed by atoms with Crippen LogP contribution in [0, 0.1) is 6.92 Å². The number of hydrogen-bond donors (Lipinski definition) is 2. The summed E-state index contributed by atoms with van der Waals surface area (Å²) in [5.41, 5.74) is 3.18. The predicted molar refractivity (Wildman–Crippen MR) is 164 cm³/mol. The Bertz CT molecular complexity index is 1560. The quantitative estimate of drug-likeness (QED) is 0.416. The first-order valence-corrected chi connectivity index (χ1v) is 15.7. The molecule has 0 aliphatic carbocycles. The van der Waals surface area contributed by atoms with E-state index in [0.717, 1.165) is 72.2 Å². The van der Waals surface area contributed by atoms with Crippen LogP contribution in [-0.2, 0) is 9.59 Å². The maximum atomic E-state index is 13.6. The molecule has 2 N–H and O–H groups in total. The van der Waals surface area contributed by atoms with E-state index in [1.165, 1.54) is 11.8 Å². The average molecular weight is 599 g/mol. The second-order valence-electron chi connectivity index (χ2n) is 11.5. The van der Waals surface area contributed by atoms with Gasteiger partial charge in [-0.2, -0.15) is 0 Å². The highest BCUT2D eigenvalue weighted by atomic mass is 32.2. The van der Waals surface area contributed by atoms with Gasteiger partial charge in [0.05, 0.1) is 24.0 Å². The van der Waals surface area contributed by atoms with Crippen molar-refractivity contribution in [3.8, 4) is 11.5 Å². The molecule has 7 rings (SSSR count). The van der Waals surface area contributed by atoms with E-state index < -0.39 is 11.3 Å². The van der Waals surface area contributed by atoms with E-state index >= 15 is 0 Å². The van der Waals surface area contributed by atoms with E-state index in [1.54, 1.807) is 11.1 Å². The van der Waals surface area contributed by atoms with Crippen LogP contribution in [0.3, 0.4) is 0 Å². The first-order valence-electron chi connectivity index (χ1n) is 14.8. The molecule has 43 heavy (non-hydrogen) atoms. The second-order valence-corrected chi connectivity index (χ2v) is 12.7. The van der Waals surface area contributed by atoms with Crippen LogP contribution in [0.15, 0.2) is 65.8 Å². The smallest absolute Gasteiger partial charge is 0.327 e. The maximum absolute atomic E-state index is 13.6. The Labute approximate surface area is 254 Å². The number of hydrogen-bond acceptors (Lipinski definition) is 7. The first-order chi connectivity index (χ1) is 20.9. The predicted octanol–water partition coefficient (Wildman–Crippen LogP) is 4.37. The standard InChI is InChI=1S/C32H34N6O4S/c1-20-17-23(42-22-8-3-2-4-9-22)10-11-24(20)38-25-12-13-33-31-27(25)28(35-32(38)41)29(43-31)30(40)34-21-7-5-16-37(18-21)26(39)19-36-14-6-15-36/h2-4,8-13,17,21,28-29H,5-7,14-16,18-19H2,1H3,(H,34,40)(H,35,41)/t21?,28?,29-/m1/s1. The number of para-hydroxylation sites is 1. The van der Waals surface area contributed by atoms with Gasteiger partial charge in [-0.05, 0) is 81.2 Å². The van der Waals surface area contributed by atoms with Crippen molar-refractivity contribution in [2.75, 3.05) is 37.6 Å². The molecule has 0 radical (unpaired) electrons. The van der Waals surface area contributed by atoms with Crippen LogP contribution in [0.4, 0.5) is 16.2 Å². The highest BCUT2D eigenvalue weighted by Crippen LogP contribution is 2.51. The van der Waals surface area contributed by atoms with Gasteiger partial charge in [0.2, 0.25) is 11.8 Å². The number of aryl methyl sites for hydroxylation is 1. The lowest BCUT2D eigenvalue weighted by atomic mass is 9.98. The molecule has 3 aromatic rings. The van der Waals surface area contributed by atoms with Crippen molar-refractivity contribution >= 4 is 41.0 Å². The van der Waals surface area contributed by atoms with E-state index in [-0.39, 0.29) is 23.9 Å². The lowest BCUT2D eigenvalue weighted by Gasteiger charge is -2.37. The van der Waals surface area contributed by atoms with Gasteiger partial charge in [0.15, 0.2) is 0 Å². The molecule has 1 aromatic heterocycles. The van der Waals surface area contributed by atoms with Crippen LogP contribution in [0.25, 0.3) is 0 Å². The minimum Gasteiger partial charge on any atom is -0.457 e. The topological polar surface area (TPSA) is 107 Å². The Morgan fingerprint density at radius 3 is 2.65 bits per heavy atom. The number of aromatic nitrogens is 1. The molecular weight excluding hydrogens is 564 g/mol. The fraction of sp³-hybridized carbons (Fsp3) is 0.375. The van der Waals surface area contributed by atoms with Crippen molar-refractivity contribution in [1.82, 2.24) is 25.4 Å². The molecule has 0 saturated carbocycles. The van der Waals surface area contributed by atoms with Crippen LogP contribution >= 0.6 is 11.8 Å². The van der Waals surface area contributed by atoms with Crippen molar-refractivity contribution in [2.45, 2.75) is 48.5 Å². The molecule has 0 bridgehead atoms. The number of nitrogens with one attached hydrogen (secondary N) is 2. The molecule has 5 heterocycles. The molecule has 11 heteroatoms. The number of piperidine rings is 1. The number of carbonyl (C=O) groups is 3. The molecule has 2 fully saturated rings. The summed E-state index contributed by atoms with van der Waals surface area (Å²) in [4.78, 5) is 50.3. The molecule has 4 aliphatic heterocycles. The van der Waals surface area contributed by atoms with E-state index in [9.17, 15) is 14.4 Å². The second kappa shape index (κ2) is 11.5. The zero-order valence-corrected chi connectivity index (χ0v) is 24.8. The van der Waals surface area contributed by atoms with Gasteiger partial charge >= 0.3 is 6.03 Å². The van der Waals surface area contributed by atoms with Gasteiger partial charge in [0.25, 0.3) is 0 Å². The third kappa shape index (κ3) is 5.43. The lowest BCUT2D eigenvalue weighted by molar-refractivity contribution is -0.135. The van der Waals surface area contributed by atoms with E-state index in [0.29, 0.717) is 18.8 Å². The SMILES string of the molecule is Cc1cc(Oc2ccccc2)ccc1N1C(=O)NC2c3c1ccnc3S[C@H]2C(=O)NC1CCCN(C(=O)CN2CCC2)C1. The summed E-state index contributed by atoms with van der Waals surface area (Å²) in [6.45, 7) is 5.60. The zero-order chi connectivity index (χ0) is 29.5. The fourth-order valence-electron chi connectivity index (χ4n) is 6.27. The Balaban J connectivity index is 1.07. The van der Waals surface area contributed by atoms with Crippen LogP contribution in [-0.4, -0.2) is 76.6 Å². The van der Waals surface area contributed by atoms with E-state index in [2.05, 4.69) is 20.5 Å². The van der Waals surface area contributed by atoms with Crippen LogP contribution in [0.5, 0.6) is 11.5 Å². The van der Waals surface area contributed by atoms with Gasteiger partial charge < -0.3 is 20.3 Å². The normalized spacial score (nSPS) is 22.8. The van der Waals surface area contributed by atoms with Gasteiger partial charge in [-0.25, -0.2) is 9.78 Å². The Morgan fingerprint density at radius 1 is 1.05 bits per heavy atom. The number of benzene rings is 2. The molecule has 4 aliphatic rings. The molecular formula is C32H34N6O4S. The highest BCUT2D eigenvalue weighted by molar-refractivity contribution is 8.01. The largest absolute Gasteiger partial charge is 0.457 e. The number of rotatable bonds is 7. The van der Waals surface area contributed by atoms with Crippen LogP contribution in [0.1, 0.15) is 36.4 Å². The van der Waals surface area contributed by atoms with Gasteiger partial charge in [0, 0.05) is 30.9 Å². The van der Waals surface area contributed by atoms with Crippen molar-refractivity contribution in [3.05, 3.63) is 71.9 Å². The summed E-state index contributed by atoms with van der Waals surface area (Å²) in [6, 6.07) is 16.1. The first kappa shape index (κ1) is 27.7. The monoisotopic (exact) mass is 598 g/mol. The number of amides is 4. The number of likely N-dealkylation sites (tertiary alicyclic amines) is 2. The molecule has 0 spiro atoms. The molecule has 222 valence electrons. The van der Waals surface area contributed by atoms with E-state index in [4.69, 9.17) is 4.74 Å². The molecule has 2 saturated heterocycles. The summed E-state index contributed by atoms with van der Waals surface area (Å²) >= 11 is 1.38. The average Bonchev–Trinajstić information content (AvgIpc) is 3.36. The van der Waals surface area contributed by atoms with Crippen molar-refractivity contribution < 1.29 is 19.1 Å². The van der Waals surface area contributed by atoms with Crippen molar-refractivity contribution in [3.63, 3.8) is 0 Å².